The summed E-state index contributed by atoms with van der Waals surface area (Å²) in [6.45, 7) is 4.28. The standard InChI is InChI=1S/C30H40N4O2.C6H8O7/c1-31(2)20-21-32(3)29(36)27-22-24-9-5-7-11-26(24)34(27)28(35)13-17-33-18-15-30(16-19-33)14-12-23-8-4-6-10-25(23)30;7-3(8)1-6(13,5(11)12)2-4(9)10/h4-11,27H,12-22H2,1-3H3;13H,1-2H2,(H,7,8)(H,9,10)(H,11,12)/t27-;/m0./s1. The second-order valence-corrected chi connectivity index (χ2v) is 13.7. The summed E-state index contributed by atoms with van der Waals surface area (Å²) < 4.78 is 0. The van der Waals surface area contributed by atoms with E-state index in [1.807, 2.05) is 45.4 Å². The Labute approximate surface area is 286 Å². The molecular weight excluding hydrogens is 632 g/mol. The van der Waals surface area contributed by atoms with Gasteiger partial charge in [0.05, 0.1) is 12.8 Å². The van der Waals surface area contributed by atoms with Crippen molar-refractivity contribution in [3.05, 3.63) is 65.2 Å². The number of para-hydroxylation sites is 1. The zero-order chi connectivity index (χ0) is 35.9. The van der Waals surface area contributed by atoms with Gasteiger partial charge in [-0.05, 0) is 81.0 Å². The van der Waals surface area contributed by atoms with Crippen LogP contribution < -0.4 is 4.90 Å². The minimum absolute atomic E-state index is 0.0289. The Morgan fingerprint density at radius 3 is 2.02 bits per heavy atom. The fourth-order valence-electron chi connectivity index (χ4n) is 7.18. The van der Waals surface area contributed by atoms with E-state index in [9.17, 15) is 24.0 Å². The monoisotopic (exact) mass is 680 g/mol. The van der Waals surface area contributed by atoms with Crippen LogP contribution in [-0.4, -0.2) is 130 Å². The Morgan fingerprint density at radius 1 is 0.837 bits per heavy atom. The van der Waals surface area contributed by atoms with Gasteiger partial charge in [-0.25, -0.2) is 4.79 Å². The number of rotatable bonds is 12. The smallest absolute Gasteiger partial charge is 0.336 e. The Bertz CT molecular complexity index is 1520. The van der Waals surface area contributed by atoms with Gasteiger partial charge in [0.25, 0.3) is 0 Å². The zero-order valence-corrected chi connectivity index (χ0v) is 28.5. The van der Waals surface area contributed by atoms with E-state index >= 15 is 0 Å². The average Bonchev–Trinajstić information content (AvgIpc) is 3.61. The molecule has 2 aromatic carbocycles. The number of carbonyl (C=O) groups is 5. The number of carboxylic acid groups (broad SMARTS) is 3. The van der Waals surface area contributed by atoms with Crippen molar-refractivity contribution in [3.63, 3.8) is 0 Å². The fraction of sp³-hybridized carbons (Fsp3) is 0.528. The highest BCUT2D eigenvalue weighted by atomic mass is 16.4. The summed E-state index contributed by atoms with van der Waals surface area (Å²) in [4.78, 5) is 65.6. The maximum Gasteiger partial charge on any atom is 0.336 e. The van der Waals surface area contributed by atoms with Gasteiger partial charge in [-0.15, -0.1) is 0 Å². The summed E-state index contributed by atoms with van der Waals surface area (Å²) in [7, 11) is 5.86. The van der Waals surface area contributed by atoms with Crippen LogP contribution in [0.3, 0.4) is 0 Å². The summed E-state index contributed by atoms with van der Waals surface area (Å²) in [5.41, 5.74) is 2.68. The molecule has 13 heteroatoms. The highest BCUT2D eigenvalue weighted by Gasteiger charge is 2.43. The van der Waals surface area contributed by atoms with Gasteiger partial charge in [0.2, 0.25) is 11.8 Å². The maximum atomic E-state index is 13.6. The number of anilines is 1. The van der Waals surface area contributed by atoms with Gasteiger partial charge in [0.15, 0.2) is 5.60 Å². The van der Waals surface area contributed by atoms with Gasteiger partial charge < -0.3 is 35.1 Å². The van der Waals surface area contributed by atoms with E-state index in [2.05, 4.69) is 34.1 Å². The predicted octanol–water partition coefficient (Wildman–Crippen LogP) is 2.09. The molecular formula is C36H48N4O9. The third-order valence-corrected chi connectivity index (χ3v) is 9.99. The van der Waals surface area contributed by atoms with Crippen LogP contribution in [0.15, 0.2) is 48.5 Å². The minimum Gasteiger partial charge on any atom is -0.481 e. The van der Waals surface area contributed by atoms with Crippen molar-refractivity contribution in [2.75, 3.05) is 58.8 Å². The molecule has 1 aliphatic carbocycles. The third kappa shape index (κ3) is 9.02. The molecule has 0 saturated carbocycles. The van der Waals surface area contributed by atoms with Crippen LogP contribution >= 0.6 is 0 Å². The molecule has 0 bridgehead atoms. The number of benzene rings is 2. The van der Waals surface area contributed by atoms with Gasteiger partial charge in [0, 0.05) is 45.2 Å². The SMILES string of the molecule is CN(C)CCN(C)C(=O)[C@@H]1Cc2ccccc2N1C(=O)CCN1CCC2(CCc3ccccc32)CC1.O=C(O)CC(O)(CC(=O)O)C(=O)O. The molecule has 1 saturated heterocycles. The Balaban J connectivity index is 0.000000355. The molecule has 0 radical (unpaired) electrons. The van der Waals surface area contributed by atoms with E-state index in [0.717, 1.165) is 37.4 Å². The van der Waals surface area contributed by atoms with Crippen molar-refractivity contribution in [2.45, 2.75) is 68.4 Å². The summed E-state index contributed by atoms with van der Waals surface area (Å²) in [6, 6.07) is 16.5. The number of aliphatic hydroxyl groups is 1. The normalized spacial score (nSPS) is 18.0. The first-order valence-electron chi connectivity index (χ1n) is 16.7. The second-order valence-electron chi connectivity index (χ2n) is 13.7. The second kappa shape index (κ2) is 15.9. The minimum atomic E-state index is -2.74. The van der Waals surface area contributed by atoms with Crippen molar-refractivity contribution in [1.29, 1.82) is 0 Å². The number of piperidine rings is 1. The number of likely N-dealkylation sites (N-methyl/N-ethyl adjacent to an activating group) is 2. The first-order valence-corrected chi connectivity index (χ1v) is 16.7. The molecule has 0 aromatic heterocycles. The van der Waals surface area contributed by atoms with Crippen LogP contribution in [0.4, 0.5) is 5.69 Å². The van der Waals surface area contributed by atoms with Crippen LogP contribution in [0, 0.1) is 0 Å². The lowest BCUT2D eigenvalue weighted by atomic mass is 9.74. The molecule has 2 heterocycles. The lowest BCUT2D eigenvalue weighted by Gasteiger charge is -2.40. The van der Waals surface area contributed by atoms with Crippen molar-refractivity contribution < 1.29 is 44.4 Å². The van der Waals surface area contributed by atoms with E-state index in [4.69, 9.17) is 20.4 Å². The average molecular weight is 681 g/mol. The molecule has 1 spiro atoms. The van der Waals surface area contributed by atoms with E-state index < -0.39 is 42.4 Å². The van der Waals surface area contributed by atoms with Crippen LogP contribution in [0.25, 0.3) is 0 Å². The van der Waals surface area contributed by atoms with Gasteiger partial charge in [-0.2, -0.15) is 0 Å². The molecule has 266 valence electrons. The number of likely N-dealkylation sites (tertiary alicyclic amines) is 1. The largest absolute Gasteiger partial charge is 0.481 e. The van der Waals surface area contributed by atoms with Crippen molar-refractivity contribution >= 4 is 35.4 Å². The third-order valence-electron chi connectivity index (χ3n) is 9.99. The van der Waals surface area contributed by atoms with E-state index in [1.54, 1.807) is 15.4 Å². The topological polar surface area (TPSA) is 179 Å². The number of aryl methyl sites for hydroxylation is 1. The molecule has 5 rings (SSSR count). The quantitative estimate of drug-likeness (QED) is 0.258. The molecule has 1 fully saturated rings. The molecule has 2 aromatic rings. The molecule has 4 N–H and O–H groups in total. The number of amides is 2. The van der Waals surface area contributed by atoms with Gasteiger partial charge >= 0.3 is 17.9 Å². The lowest BCUT2D eigenvalue weighted by Crippen LogP contribution is -2.50. The molecule has 49 heavy (non-hydrogen) atoms. The van der Waals surface area contributed by atoms with Crippen LogP contribution in [0.5, 0.6) is 0 Å². The number of carbonyl (C=O) groups excluding carboxylic acids is 2. The first-order chi connectivity index (χ1) is 23.2. The number of hydrogen-bond acceptors (Lipinski definition) is 8. The fourth-order valence-corrected chi connectivity index (χ4v) is 7.18. The van der Waals surface area contributed by atoms with E-state index in [0.29, 0.717) is 24.8 Å². The van der Waals surface area contributed by atoms with Crippen LogP contribution in [0.2, 0.25) is 0 Å². The maximum absolute atomic E-state index is 13.6. The number of hydrogen-bond donors (Lipinski definition) is 4. The van der Waals surface area contributed by atoms with Crippen molar-refractivity contribution in [2.24, 2.45) is 0 Å². The first kappa shape index (κ1) is 37.5. The zero-order valence-electron chi connectivity index (χ0n) is 28.5. The Kier molecular flexibility index (Phi) is 12.2. The number of aliphatic carboxylic acids is 3. The number of fused-ring (bicyclic) bond motifs is 3. The Hall–Kier alpha value is -4.33. The van der Waals surface area contributed by atoms with Crippen LogP contribution in [-0.2, 0) is 42.2 Å². The number of carboxylic acids is 3. The van der Waals surface area contributed by atoms with Crippen molar-refractivity contribution in [3.8, 4) is 0 Å². The molecule has 0 unspecified atom stereocenters. The number of nitrogens with zero attached hydrogens (tertiary/aromatic N) is 4. The molecule has 13 nitrogen and oxygen atoms in total. The lowest BCUT2D eigenvalue weighted by molar-refractivity contribution is -0.170. The Morgan fingerprint density at radius 2 is 1.43 bits per heavy atom. The highest BCUT2D eigenvalue weighted by molar-refractivity contribution is 6.03. The highest BCUT2D eigenvalue weighted by Crippen LogP contribution is 2.46. The molecule has 1 atom stereocenters. The predicted molar refractivity (Wildman–Crippen MR) is 181 cm³/mol. The van der Waals surface area contributed by atoms with Gasteiger partial charge in [-0.1, -0.05) is 42.5 Å². The van der Waals surface area contributed by atoms with Crippen molar-refractivity contribution in [1.82, 2.24) is 14.7 Å². The summed E-state index contributed by atoms with van der Waals surface area (Å²) >= 11 is 0. The van der Waals surface area contributed by atoms with E-state index in [-0.39, 0.29) is 11.8 Å². The summed E-state index contributed by atoms with van der Waals surface area (Å²) in [6.07, 6.45) is 3.55. The van der Waals surface area contributed by atoms with E-state index in [1.165, 1.54) is 31.2 Å². The molecule has 3 aliphatic rings. The van der Waals surface area contributed by atoms with Gasteiger partial charge in [0.1, 0.15) is 6.04 Å². The van der Waals surface area contributed by atoms with Crippen LogP contribution in [0.1, 0.15) is 55.2 Å². The van der Waals surface area contributed by atoms with Gasteiger partial charge in [-0.3, -0.25) is 24.1 Å². The molecule has 2 aliphatic heterocycles. The summed E-state index contributed by atoms with van der Waals surface area (Å²) in [5.74, 6) is -4.93. The molecule has 2 amide bonds. The summed E-state index contributed by atoms with van der Waals surface area (Å²) in [5, 5.41) is 33.8.